The second-order valence-corrected chi connectivity index (χ2v) is 4.31. The molecule has 1 fully saturated rings. The van der Waals surface area contributed by atoms with Crippen LogP contribution in [0.4, 0.5) is 0 Å². The third-order valence-corrected chi connectivity index (χ3v) is 3.21. The first kappa shape index (κ1) is 9.51. The Morgan fingerprint density at radius 1 is 1.50 bits per heavy atom. The van der Waals surface area contributed by atoms with Crippen molar-refractivity contribution < 1.29 is 4.79 Å². The molecule has 0 radical (unpaired) electrons. The SMILES string of the molecule is O=CCc1ccn2nc(C3CCC3)nc2c1. The van der Waals surface area contributed by atoms with Crippen molar-refractivity contribution in [2.75, 3.05) is 0 Å². The smallest absolute Gasteiger partial charge is 0.155 e. The molecule has 16 heavy (non-hydrogen) atoms. The Balaban J connectivity index is 1.99. The van der Waals surface area contributed by atoms with Gasteiger partial charge in [0.1, 0.15) is 6.29 Å². The number of carbonyl (C=O) groups excluding carboxylic acids is 1. The molecule has 1 aliphatic rings. The van der Waals surface area contributed by atoms with Crippen LogP contribution in [0.2, 0.25) is 0 Å². The van der Waals surface area contributed by atoms with Gasteiger partial charge in [-0.1, -0.05) is 6.42 Å². The molecule has 82 valence electrons. The summed E-state index contributed by atoms with van der Waals surface area (Å²) in [5, 5.41) is 4.45. The molecule has 2 heterocycles. The highest BCUT2D eigenvalue weighted by Crippen LogP contribution is 2.34. The van der Waals surface area contributed by atoms with Gasteiger partial charge in [-0.05, 0) is 30.5 Å². The van der Waals surface area contributed by atoms with Crippen molar-refractivity contribution in [3.8, 4) is 0 Å². The van der Waals surface area contributed by atoms with Crippen LogP contribution in [0.3, 0.4) is 0 Å². The van der Waals surface area contributed by atoms with Crippen LogP contribution in [0, 0.1) is 0 Å². The number of hydrogen-bond donors (Lipinski definition) is 0. The van der Waals surface area contributed by atoms with Gasteiger partial charge in [0.15, 0.2) is 11.5 Å². The number of aldehydes is 1. The number of rotatable bonds is 3. The van der Waals surface area contributed by atoms with Crippen LogP contribution in [0.1, 0.15) is 36.6 Å². The van der Waals surface area contributed by atoms with Crippen LogP contribution in [0.25, 0.3) is 5.65 Å². The molecule has 2 aromatic rings. The van der Waals surface area contributed by atoms with Gasteiger partial charge in [0.2, 0.25) is 0 Å². The first-order valence-electron chi connectivity index (χ1n) is 5.65. The summed E-state index contributed by atoms with van der Waals surface area (Å²) in [7, 11) is 0. The third-order valence-electron chi connectivity index (χ3n) is 3.21. The van der Waals surface area contributed by atoms with E-state index in [1.165, 1.54) is 19.3 Å². The lowest BCUT2D eigenvalue weighted by Gasteiger charge is -2.21. The summed E-state index contributed by atoms with van der Waals surface area (Å²) in [5.41, 5.74) is 1.84. The van der Waals surface area contributed by atoms with E-state index in [1.807, 2.05) is 18.3 Å². The van der Waals surface area contributed by atoms with Crippen LogP contribution in [-0.4, -0.2) is 20.9 Å². The molecule has 0 spiro atoms. The highest BCUT2D eigenvalue weighted by molar-refractivity contribution is 5.56. The molecule has 0 unspecified atom stereocenters. The van der Waals surface area contributed by atoms with Crippen LogP contribution in [0.15, 0.2) is 18.3 Å². The molecule has 2 aromatic heterocycles. The topological polar surface area (TPSA) is 47.3 Å². The molecule has 1 saturated carbocycles. The van der Waals surface area contributed by atoms with Crippen molar-refractivity contribution in [3.05, 3.63) is 29.7 Å². The lowest BCUT2D eigenvalue weighted by molar-refractivity contribution is -0.107. The predicted molar refractivity (Wildman–Crippen MR) is 59.3 cm³/mol. The number of aromatic nitrogens is 3. The lowest BCUT2D eigenvalue weighted by Crippen LogP contribution is -2.10. The summed E-state index contributed by atoms with van der Waals surface area (Å²) in [5.74, 6) is 1.50. The molecule has 0 amide bonds. The fourth-order valence-corrected chi connectivity index (χ4v) is 2.00. The van der Waals surface area contributed by atoms with Crippen molar-refractivity contribution in [1.29, 1.82) is 0 Å². The van der Waals surface area contributed by atoms with E-state index in [9.17, 15) is 4.79 Å². The predicted octanol–water partition coefficient (Wildman–Crippen LogP) is 1.74. The minimum atomic E-state index is 0.447. The quantitative estimate of drug-likeness (QED) is 0.733. The second kappa shape index (κ2) is 3.70. The Labute approximate surface area is 93.3 Å². The zero-order chi connectivity index (χ0) is 11.0. The van der Waals surface area contributed by atoms with Gasteiger partial charge in [0, 0.05) is 18.5 Å². The second-order valence-electron chi connectivity index (χ2n) is 4.31. The van der Waals surface area contributed by atoms with Gasteiger partial charge >= 0.3 is 0 Å². The van der Waals surface area contributed by atoms with Gasteiger partial charge in [0.25, 0.3) is 0 Å². The zero-order valence-corrected chi connectivity index (χ0v) is 8.97. The Kier molecular flexibility index (Phi) is 2.20. The molecular formula is C12H13N3O. The van der Waals surface area contributed by atoms with E-state index in [0.29, 0.717) is 12.3 Å². The van der Waals surface area contributed by atoms with E-state index in [4.69, 9.17) is 0 Å². The molecule has 4 heteroatoms. The minimum absolute atomic E-state index is 0.447. The Morgan fingerprint density at radius 2 is 2.38 bits per heavy atom. The fraction of sp³-hybridized carbons (Fsp3) is 0.417. The lowest BCUT2D eigenvalue weighted by atomic mass is 9.85. The molecule has 0 saturated heterocycles. The van der Waals surface area contributed by atoms with Crippen LogP contribution in [0.5, 0.6) is 0 Å². The van der Waals surface area contributed by atoms with Crippen molar-refractivity contribution in [1.82, 2.24) is 14.6 Å². The average Bonchev–Trinajstić information content (AvgIpc) is 2.57. The Morgan fingerprint density at radius 3 is 3.06 bits per heavy atom. The van der Waals surface area contributed by atoms with Crippen LogP contribution in [-0.2, 0) is 11.2 Å². The number of hydrogen-bond acceptors (Lipinski definition) is 3. The summed E-state index contributed by atoms with van der Waals surface area (Å²) in [6.07, 6.45) is 6.94. The number of fused-ring (bicyclic) bond motifs is 1. The van der Waals surface area contributed by atoms with Crippen LogP contribution >= 0.6 is 0 Å². The standard InChI is InChI=1S/C12H13N3O/c16-7-5-9-4-6-15-11(8-9)13-12(14-15)10-2-1-3-10/h4,6-8,10H,1-3,5H2. The normalized spacial score (nSPS) is 16.2. The molecule has 0 N–H and O–H groups in total. The monoisotopic (exact) mass is 215 g/mol. The number of carbonyl (C=O) groups is 1. The maximum Gasteiger partial charge on any atom is 0.155 e. The molecule has 4 nitrogen and oxygen atoms in total. The maximum absolute atomic E-state index is 10.4. The highest BCUT2D eigenvalue weighted by Gasteiger charge is 2.23. The Hall–Kier alpha value is -1.71. The van der Waals surface area contributed by atoms with Gasteiger partial charge in [-0.15, -0.1) is 0 Å². The molecular weight excluding hydrogens is 202 g/mol. The average molecular weight is 215 g/mol. The Bertz CT molecular complexity index is 528. The largest absolute Gasteiger partial charge is 0.303 e. The van der Waals surface area contributed by atoms with Crippen molar-refractivity contribution in [2.24, 2.45) is 0 Å². The highest BCUT2D eigenvalue weighted by atomic mass is 16.1. The zero-order valence-electron chi connectivity index (χ0n) is 8.97. The molecule has 1 aliphatic carbocycles. The van der Waals surface area contributed by atoms with Gasteiger partial charge in [0.05, 0.1) is 0 Å². The third kappa shape index (κ3) is 1.50. The van der Waals surface area contributed by atoms with Gasteiger partial charge in [-0.2, -0.15) is 5.10 Å². The van der Waals surface area contributed by atoms with Gasteiger partial charge < -0.3 is 4.79 Å². The van der Waals surface area contributed by atoms with Crippen LogP contribution < -0.4 is 0 Å². The van der Waals surface area contributed by atoms with E-state index >= 15 is 0 Å². The van der Waals surface area contributed by atoms with E-state index in [0.717, 1.165) is 23.3 Å². The van der Waals surface area contributed by atoms with Crippen molar-refractivity contribution in [2.45, 2.75) is 31.6 Å². The van der Waals surface area contributed by atoms with E-state index in [2.05, 4.69) is 10.1 Å². The number of nitrogens with zero attached hydrogens (tertiary/aromatic N) is 3. The summed E-state index contributed by atoms with van der Waals surface area (Å²) in [6.45, 7) is 0. The fourth-order valence-electron chi connectivity index (χ4n) is 2.00. The summed E-state index contributed by atoms with van der Waals surface area (Å²) >= 11 is 0. The summed E-state index contributed by atoms with van der Waals surface area (Å²) in [4.78, 5) is 14.9. The van der Waals surface area contributed by atoms with E-state index in [-0.39, 0.29) is 0 Å². The minimum Gasteiger partial charge on any atom is -0.303 e. The molecule has 3 rings (SSSR count). The van der Waals surface area contributed by atoms with E-state index < -0.39 is 0 Å². The van der Waals surface area contributed by atoms with Crippen molar-refractivity contribution >= 4 is 11.9 Å². The molecule has 0 atom stereocenters. The summed E-state index contributed by atoms with van der Waals surface area (Å²) < 4.78 is 1.79. The molecule has 0 bridgehead atoms. The van der Waals surface area contributed by atoms with Crippen molar-refractivity contribution in [3.63, 3.8) is 0 Å². The van der Waals surface area contributed by atoms with E-state index in [1.54, 1.807) is 4.52 Å². The first-order chi connectivity index (χ1) is 7.86. The molecule has 0 aromatic carbocycles. The van der Waals surface area contributed by atoms with Gasteiger partial charge in [-0.3, -0.25) is 0 Å². The first-order valence-corrected chi connectivity index (χ1v) is 5.65. The number of pyridine rings is 1. The maximum atomic E-state index is 10.4. The summed E-state index contributed by atoms with van der Waals surface area (Å²) in [6, 6.07) is 3.85. The molecule has 0 aliphatic heterocycles. The van der Waals surface area contributed by atoms with Gasteiger partial charge in [-0.25, -0.2) is 9.50 Å².